The van der Waals surface area contributed by atoms with Crippen molar-refractivity contribution in [2.75, 3.05) is 6.54 Å². The van der Waals surface area contributed by atoms with Gasteiger partial charge in [0.1, 0.15) is 0 Å². The third-order valence-corrected chi connectivity index (χ3v) is 3.16. The third kappa shape index (κ3) is 3.80. The average Bonchev–Trinajstić information content (AvgIpc) is 3.02. The molecule has 1 amide bonds. The number of oxime groups is 1. The van der Waals surface area contributed by atoms with Gasteiger partial charge in [-0.1, -0.05) is 5.16 Å². The van der Waals surface area contributed by atoms with Gasteiger partial charge in [0.05, 0.1) is 5.69 Å². The molecule has 1 aliphatic heterocycles. The highest BCUT2D eigenvalue weighted by atomic mass is 16.6. The van der Waals surface area contributed by atoms with Crippen molar-refractivity contribution in [1.82, 2.24) is 15.1 Å². The summed E-state index contributed by atoms with van der Waals surface area (Å²) in [6.45, 7) is 5.10. The fourth-order valence-corrected chi connectivity index (χ4v) is 2.10. The zero-order valence-corrected chi connectivity index (χ0v) is 12.0. The molecule has 1 atom stereocenters. The van der Waals surface area contributed by atoms with Crippen LogP contribution in [0.25, 0.3) is 0 Å². The molecule has 0 saturated heterocycles. The van der Waals surface area contributed by atoms with E-state index in [2.05, 4.69) is 15.6 Å². The first kappa shape index (κ1) is 15.0. The van der Waals surface area contributed by atoms with Crippen LogP contribution < -0.4 is 5.32 Å². The minimum absolute atomic E-state index is 0.00136. The van der Waals surface area contributed by atoms with Gasteiger partial charge in [-0.15, -0.1) is 0 Å². The molecular weight excluding hydrogens is 276 g/mol. The lowest BCUT2D eigenvalue weighted by Crippen LogP contribution is -2.36. The Morgan fingerprint density at radius 1 is 1.52 bits per heavy atom. The first-order chi connectivity index (χ1) is 9.97. The summed E-state index contributed by atoms with van der Waals surface area (Å²) >= 11 is 0. The van der Waals surface area contributed by atoms with Crippen molar-refractivity contribution >= 4 is 17.6 Å². The Balaban J connectivity index is 1.69. The summed E-state index contributed by atoms with van der Waals surface area (Å²) in [5, 5.41) is 19.1. The maximum atomic E-state index is 11.8. The van der Waals surface area contributed by atoms with Gasteiger partial charge < -0.3 is 15.3 Å². The molecule has 8 heteroatoms. The number of aliphatic carboxylic acids is 1. The fraction of sp³-hybridized carbons (Fsp3) is 0.538. The monoisotopic (exact) mass is 294 g/mol. The summed E-state index contributed by atoms with van der Waals surface area (Å²) in [6.07, 6.45) is -0.115. The smallest absolute Gasteiger partial charge is 0.353 e. The largest absolute Gasteiger partial charge is 0.477 e. The zero-order chi connectivity index (χ0) is 15.4. The van der Waals surface area contributed by atoms with Gasteiger partial charge in [0, 0.05) is 25.2 Å². The molecule has 1 aliphatic rings. The summed E-state index contributed by atoms with van der Waals surface area (Å²) in [5.74, 6) is -1.50. The van der Waals surface area contributed by atoms with E-state index in [1.54, 1.807) is 0 Å². The number of carbonyl (C=O) groups excluding carboxylic acids is 1. The number of hydrogen-bond acceptors (Lipinski definition) is 5. The van der Waals surface area contributed by atoms with Gasteiger partial charge in [-0.05, 0) is 26.3 Å². The summed E-state index contributed by atoms with van der Waals surface area (Å²) < 4.78 is 1.89. The van der Waals surface area contributed by atoms with Crippen LogP contribution in [0.5, 0.6) is 0 Å². The first-order valence-corrected chi connectivity index (χ1v) is 6.72. The van der Waals surface area contributed by atoms with Crippen molar-refractivity contribution in [2.45, 2.75) is 39.3 Å². The lowest BCUT2D eigenvalue weighted by molar-refractivity contribution is -0.131. The van der Waals surface area contributed by atoms with Gasteiger partial charge in [0.25, 0.3) is 5.91 Å². The maximum absolute atomic E-state index is 11.8. The Bertz CT molecular complexity index is 579. The molecule has 0 fully saturated rings. The Kier molecular flexibility index (Phi) is 4.56. The number of hydrogen-bond donors (Lipinski definition) is 2. The average molecular weight is 294 g/mol. The van der Waals surface area contributed by atoms with Crippen molar-refractivity contribution in [3.05, 3.63) is 17.5 Å². The Morgan fingerprint density at radius 2 is 2.29 bits per heavy atom. The van der Waals surface area contributed by atoms with Crippen LogP contribution in [-0.2, 0) is 21.0 Å². The third-order valence-electron chi connectivity index (χ3n) is 3.16. The number of aromatic nitrogens is 2. The molecule has 0 radical (unpaired) electrons. The van der Waals surface area contributed by atoms with Crippen molar-refractivity contribution in [1.29, 1.82) is 0 Å². The molecule has 21 heavy (non-hydrogen) atoms. The second kappa shape index (κ2) is 6.38. The Hall–Kier alpha value is -2.38. The molecule has 2 heterocycles. The fourth-order valence-electron chi connectivity index (χ4n) is 2.10. The summed E-state index contributed by atoms with van der Waals surface area (Å²) in [5.41, 5.74) is 1.92. The van der Waals surface area contributed by atoms with Gasteiger partial charge in [-0.25, -0.2) is 4.79 Å². The molecule has 0 spiro atoms. The van der Waals surface area contributed by atoms with Gasteiger partial charge in [0.2, 0.25) is 6.10 Å². The van der Waals surface area contributed by atoms with Crippen LogP contribution in [0, 0.1) is 13.8 Å². The van der Waals surface area contributed by atoms with Gasteiger partial charge in [0.15, 0.2) is 5.71 Å². The van der Waals surface area contributed by atoms with E-state index < -0.39 is 12.1 Å². The number of aryl methyl sites for hydroxylation is 3. The molecule has 114 valence electrons. The van der Waals surface area contributed by atoms with Crippen LogP contribution in [0.3, 0.4) is 0 Å². The van der Waals surface area contributed by atoms with E-state index in [9.17, 15) is 9.59 Å². The Labute approximate surface area is 121 Å². The number of carboxylic acid groups (broad SMARTS) is 1. The van der Waals surface area contributed by atoms with Crippen LogP contribution in [0.15, 0.2) is 11.2 Å². The van der Waals surface area contributed by atoms with E-state index >= 15 is 0 Å². The highest BCUT2D eigenvalue weighted by molar-refractivity contribution is 6.36. The summed E-state index contributed by atoms with van der Waals surface area (Å²) in [7, 11) is 0. The SMILES string of the molecule is Cc1cc(C)n(CCCNC(=O)C2CC(C(=O)O)=NO2)n1. The normalized spacial score (nSPS) is 17.2. The van der Waals surface area contributed by atoms with Crippen LogP contribution >= 0.6 is 0 Å². The molecule has 8 nitrogen and oxygen atoms in total. The van der Waals surface area contributed by atoms with Crippen molar-refractivity contribution < 1.29 is 19.5 Å². The molecule has 0 bridgehead atoms. The Morgan fingerprint density at radius 3 is 2.86 bits per heavy atom. The molecule has 0 aliphatic carbocycles. The van der Waals surface area contributed by atoms with Gasteiger partial charge in [-0.2, -0.15) is 5.10 Å². The van der Waals surface area contributed by atoms with E-state index in [0.717, 1.165) is 17.8 Å². The molecule has 1 unspecified atom stereocenters. The minimum atomic E-state index is -1.16. The van der Waals surface area contributed by atoms with Gasteiger partial charge >= 0.3 is 5.97 Å². The number of carboxylic acids is 1. The number of rotatable bonds is 6. The van der Waals surface area contributed by atoms with Crippen molar-refractivity contribution in [2.24, 2.45) is 5.16 Å². The lowest BCUT2D eigenvalue weighted by atomic mass is 10.1. The minimum Gasteiger partial charge on any atom is -0.477 e. The second-order valence-corrected chi connectivity index (χ2v) is 4.94. The molecule has 2 N–H and O–H groups in total. The zero-order valence-electron chi connectivity index (χ0n) is 12.0. The standard InChI is InChI=1S/C13H18N4O4/c1-8-6-9(2)17(15-8)5-3-4-14-12(18)11-7-10(13(19)20)16-21-11/h6,11H,3-5,7H2,1-2H3,(H,14,18)(H,19,20). The predicted octanol–water partition coefficient (Wildman–Crippen LogP) is 0.236. The number of carbonyl (C=O) groups is 2. The van der Waals surface area contributed by atoms with Crippen molar-refractivity contribution in [3.8, 4) is 0 Å². The molecule has 1 aromatic rings. The second-order valence-electron chi connectivity index (χ2n) is 4.94. The summed E-state index contributed by atoms with van der Waals surface area (Å²) in [4.78, 5) is 27.2. The molecule has 2 rings (SSSR count). The van der Waals surface area contributed by atoms with E-state index in [4.69, 9.17) is 9.94 Å². The molecule has 0 saturated carbocycles. The lowest BCUT2D eigenvalue weighted by Gasteiger charge is -2.09. The van der Waals surface area contributed by atoms with E-state index in [1.807, 2.05) is 24.6 Å². The van der Waals surface area contributed by atoms with Crippen LogP contribution in [-0.4, -0.2) is 45.1 Å². The van der Waals surface area contributed by atoms with E-state index in [1.165, 1.54) is 0 Å². The molecular formula is C13H18N4O4. The van der Waals surface area contributed by atoms with Crippen LogP contribution in [0.1, 0.15) is 24.2 Å². The summed E-state index contributed by atoms with van der Waals surface area (Å²) in [6, 6.07) is 2.00. The highest BCUT2D eigenvalue weighted by Gasteiger charge is 2.31. The highest BCUT2D eigenvalue weighted by Crippen LogP contribution is 2.10. The topological polar surface area (TPSA) is 106 Å². The first-order valence-electron chi connectivity index (χ1n) is 6.72. The number of nitrogens with zero attached hydrogens (tertiary/aromatic N) is 3. The number of amides is 1. The predicted molar refractivity (Wildman–Crippen MR) is 73.9 cm³/mol. The molecule has 0 aromatic carbocycles. The van der Waals surface area contributed by atoms with E-state index in [0.29, 0.717) is 13.1 Å². The quantitative estimate of drug-likeness (QED) is 0.731. The number of nitrogens with one attached hydrogen (secondary N) is 1. The van der Waals surface area contributed by atoms with Gasteiger partial charge in [-0.3, -0.25) is 9.48 Å². The van der Waals surface area contributed by atoms with E-state index in [-0.39, 0.29) is 18.0 Å². The van der Waals surface area contributed by atoms with Crippen LogP contribution in [0.4, 0.5) is 0 Å². The molecule has 1 aromatic heterocycles. The van der Waals surface area contributed by atoms with Crippen molar-refractivity contribution in [3.63, 3.8) is 0 Å². The maximum Gasteiger partial charge on any atom is 0.353 e. The van der Waals surface area contributed by atoms with Crippen LogP contribution in [0.2, 0.25) is 0 Å².